The van der Waals surface area contributed by atoms with Gasteiger partial charge in [0.2, 0.25) is 5.91 Å². The van der Waals surface area contributed by atoms with Crippen molar-refractivity contribution in [2.45, 2.75) is 25.7 Å². The van der Waals surface area contributed by atoms with E-state index in [0.29, 0.717) is 11.3 Å². The lowest BCUT2D eigenvalue weighted by atomic mass is 9.96. The van der Waals surface area contributed by atoms with E-state index in [1.54, 1.807) is 4.67 Å². The van der Waals surface area contributed by atoms with Crippen molar-refractivity contribution >= 4 is 15.3 Å². The minimum atomic E-state index is 0.294. The molecule has 0 bridgehead atoms. The maximum absolute atomic E-state index is 11.0. The molecule has 2 rings (SSSR count). The smallest absolute Gasteiger partial charge is 0.225 e. The Hall–Kier alpha value is -0.100. The predicted octanol–water partition coefficient (Wildman–Crippen LogP) is 1.18. The number of carbonyl (C=O) groups is 1. The Labute approximate surface area is 63.2 Å². The highest BCUT2D eigenvalue weighted by Crippen LogP contribution is 2.52. The van der Waals surface area contributed by atoms with Crippen molar-refractivity contribution in [2.24, 2.45) is 5.41 Å². The van der Waals surface area contributed by atoms with Gasteiger partial charge in [-0.15, -0.1) is 0 Å². The van der Waals surface area contributed by atoms with Crippen LogP contribution >= 0.6 is 9.39 Å². The molecule has 1 aliphatic carbocycles. The molecule has 1 atom stereocenters. The highest BCUT2D eigenvalue weighted by Gasteiger charge is 2.46. The molecule has 0 aromatic carbocycles. The quantitative estimate of drug-likeness (QED) is 0.483. The molecule has 10 heavy (non-hydrogen) atoms. The first-order chi connectivity index (χ1) is 4.72. The number of hydrogen-bond donors (Lipinski definition) is 0. The summed E-state index contributed by atoms with van der Waals surface area (Å²) in [6.07, 6.45) is 4.58. The molecule has 1 amide bonds. The average Bonchev–Trinajstić information content (AvgIpc) is 2.62. The molecule has 1 saturated heterocycles. The zero-order valence-corrected chi connectivity index (χ0v) is 7.12. The molecular weight excluding hydrogens is 145 g/mol. The molecule has 1 saturated carbocycles. The molecular formula is C7H12NOP. The van der Waals surface area contributed by atoms with Crippen LogP contribution in [0.2, 0.25) is 0 Å². The van der Waals surface area contributed by atoms with E-state index >= 15 is 0 Å². The van der Waals surface area contributed by atoms with Gasteiger partial charge in [0.25, 0.3) is 0 Å². The van der Waals surface area contributed by atoms with Crippen LogP contribution in [-0.4, -0.2) is 17.1 Å². The standard InChI is InChI=1S/C7H12NOP/c9-6-1-2-7(3-4-7)5-8(6)10/h1-5,10H2. The molecule has 0 N–H and O–H groups in total. The van der Waals surface area contributed by atoms with Crippen LogP contribution in [0.4, 0.5) is 0 Å². The van der Waals surface area contributed by atoms with Gasteiger partial charge in [0.1, 0.15) is 0 Å². The summed E-state index contributed by atoms with van der Waals surface area (Å²) >= 11 is 0. The zero-order valence-electron chi connectivity index (χ0n) is 5.97. The average molecular weight is 157 g/mol. The third kappa shape index (κ3) is 0.950. The lowest BCUT2D eigenvalue weighted by Gasteiger charge is -2.28. The van der Waals surface area contributed by atoms with Crippen LogP contribution in [0.1, 0.15) is 25.7 Å². The van der Waals surface area contributed by atoms with E-state index in [1.165, 1.54) is 12.8 Å². The minimum absolute atomic E-state index is 0.294. The van der Waals surface area contributed by atoms with Gasteiger partial charge in [-0.25, -0.2) is 0 Å². The van der Waals surface area contributed by atoms with Crippen LogP contribution in [0.3, 0.4) is 0 Å². The van der Waals surface area contributed by atoms with Gasteiger partial charge in [-0.05, 0) is 34.1 Å². The van der Waals surface area contributed by atoms with Crippen LogP contribution in [0.15, 0.2) is 0 Å². The summed E-state index contributed by atoms with van der Waals surface area (Å²) in [6.45, 7) is 0.983. The monoisotopic (exact) mass is 157 g/mol. The first kappa shape index (κ1) is 6.60. The number of hydrogen-bond acceptors (Lipinski definition) is 1. The van der Waals surface area contributed by atoms with Crippen LogP contribution in [0.25, 0.3) is 0 Å². The van der Waals surface area contributed by atoms with Crippen molar-refractivity contribution in [2.75, 3.05) is 6.54 Å². The summed E-state index contributed by atoms with van der Waals surface area (Å²) in [6, 6.07) is 0. The van der Waals surface area contributed by atoms with Gasteiger partial charge in [0, 0.05) is 13.0 Å². The summed E-state index contributed by atoms with van der Waals surface area (Å²) in [5.74, 6) is 0.294. The fourth-order valence-electron chi connectivity index (χ4n) is 1.63. The highest BCUT2D eigenvalue weighted by atomic mass is 31.0. The van der Waals surface area contributed by atoms with E-state index in [1.807, 2.05) is 0 Å². The lowest BCUT2D eigenvalue weighted by molar-refractivity contribution is -0.129. The second-order valence-electron chi connectivity index (χ2n) is 3.52. The third-order valence-corrected chi connectivity index (χ3v) is 3.12. The Morgan fingerprint density at radius 2 is 2.10 bits per heavy atom. The van der Waals surface area contributed by atoms with Crippen molar-refractivity contribution in [3.8, 4) is 0 Å². The van der Waals surface area contributed by atoms with Gasteiger partial charge in [0.05, 0.1) is 0 Å². The SMILES string of the molecule is O=C1CCC2(CC2)CN1P. The van der Waals surface area contributed by atoms with Gasteiger partial charge >= 0.3 is 0 Å². The Morgan fingerprint density at radius 1 is 1.40 bits per heavy atom. The molecule has 1 spiro atoms. The predicted molar refractivity (Wildman–Crippen MR) is 42.3 cm³/mol. The van der Waals surface area contributed by atoms with E-state index in [4.69, 9.17) is 0 Å². The van der Waals surface area contributed by atoms with E-state index < -0.39 is 0 Å². The first-order valence-electron chi connectivity index (χ1n) is 3.77. The normalized spacial score (nSPS) is 29.3. The molecule has 1 aliphatic heterocycles. The molecule has 1 unspecified atom stereocenters. The number of piperidine rings is 1. The zero-order chi connectivity index (χ0) is 7.19. The summed E-state index contributed by atoms with van der Waals surface area (Å²) < 4.78 is 1.80. The minimum Gasteiger partial charge on any atom is -0.327 e. The Balaban J connectivity index is 2.04. The molecule has 0 aromatic rings. The van der Waals surface area contributed by atoms with Crippen LogP contribution in [0, 0.1) is 5.41 Å². The van der Waals surface area contributed by atoms with Gasteiger partial charge in [0.15, 0.2) is 0 Å². The molecule has 2 aliphatic rings. The van der Waals surface area contributed by atoms with Gasteiger partial charge in [-0.1, -0.05) is 0 Å². The third-order valence-electron chi connectivity index (χ3n) is 2.65. The second-order valence-corrected chi connectivity index (χ2v) is 4.14. The number of carbonyl (C=O) groups excluding carboxylic acids is 1. The lowest BCUT2D eigenvalue weighted by Crippen LogP contribution is -2.33. The van der Waals surface area contributed by atoms with E-state index in [-0.39, 0.29) is 0 Å². The fraction of sp³-hybridized carbons (Fsp3) is 0.857. The fourth-order valence-corrected chi connectivity index (χ4v) is 2.15. The van der Waals surface area contributed by atoms with Crippen molar-refractivity contribution in [3.05, 3.63) is 0 Å². The number of amides is 1. The molecule has 0 radical (unpaired) electrons. The van der Waals surface area contributed by atoms with Gasteiger partial charge in [-0.2, -0.15) is 0 Å². The molecule has 1 heterocycles. The van der Waals surface area contributed by atoms with Gasteiger partial charge < -0.3 is 4.67 Å². The first-order valence-corrected chi connectivity index (χ1v) is 4.29. The van der Waals surface area contributed by atoms with E-state index in [9.17, 15) is 4.79 Å². The summed E-state index contributed by atoms with van der Waals surface area (Å²) in [4.78, 5) is 11.0. The van der Waals surface area contributed by atoms with Crippen molar-refractivity contribution in [1.29, 1.82) is 0 Å². The maximum Gasteiger partial charge on any atom is 0.225 e. The van der Waals surface area contributed by atoms with E-state index in [0.717, 1.165) is 19.4 Å². The summed E-state index contributed by atoms with van der Waals surface area (Å²) in [7, 11) is 2.51. The Bertz CT molecular complexity index is 176. The highest BCUT2D eigenvalue weighted by molar-refractivity contribution is 7.14. The van der Waals surface area contributed by atoms with Gasteiger partial charge in [-0.3, -0.25) is 4.79 Å². The summed E-state index contributed by atoms with van der Waals surface area (Å²) in [5, 5.41) is 0. The molecule has 3 heteroatoms. The maximum atomic E-state index is 11.0. The van der Waals surface area contributed by atoms with E-state index in [2.05, 4.69) is 9.39 Å². The number of nitrogens with zero attached hydrogens (tertiary/aromatic N) is 1. The van der Waals surface area contributed by atoms with Crippen molar-refractivity contribution in [3.63, 3.8) is 0 Å². The van der Waals surface area contributed by atoms with Crippen molar-refractivity contribution < 1.29 is 4.79 Å². The largest absolute Gasteiger partial charge is 0.327 e. The van der Waals surface area contributed by atoms with Crippen molar-refractivity contribution in [1.82, 2.24) is 4.67 Å². The topological polar surface area (TPSA) is 20.3 Å². The van der Waals surface area contributed by atoms with Crippen LogP contribution in [-0.2, 0) is 4.79 Å². The molecule has 0 aromatic heterocycles. The van der Waals surface area contributed by atoms with Crippen LogP contribution < -0.4 is 0 Å². The molecule has 2 nitrogen and oxygen atoms in total. The van der Waals surface area contributed by atoms with Crippen LogP contribution in [0.5, 0.6) is 0 Å². The summed E-state index contributed by atoms with van der Waals surface area (Å²) in [5.41, 5.74) is 0.565. The molecule has 2 fully saturated rings. The molecule has 56 valence electrons. The Morgan fingerprint density at radius 3 is 2.60 bits per heavy atom. The number of rotatable bonds is 0. The second kappa shape index (κ2) is 1.94. The Kier molecular flexibility index (Phi) is 1.28.